The van der Waals surface area contributed by atoms with Crippen LogP contribution in [0.4, 0.5) is 36.7 Å². The minimum atomic E-state index is -5.08. The first-order chi connectivity index (χ1) is 18.2. The first-order valence-corrected chi connectivity index (χ1v) is 11.1. The van der Waals surface area contributed by atoms with E-state index in [-0.39, 0.29) is 18.2 Å². The molecule has 39 heavy (non-hydrogen) atoms. The highest BCUT2D eigenvalue weighted by Gasteiger charge is 2.41. The number of pyridine rings is 1. The summed E-state index contributed by atoms with van der Waals surface area (Å²) in [4.78, 5) is 32.2. The summed E-state index contributed by atoms with van der Waals surface area (Å²) >= 11 is 0. The number of rotatable bonds is 5. The summed E-state index contributed by atoms with van der Waals surface area (Å²) in [6, 6.07) is 4.17. The Morgan fingerprint density at radius 3 is 2.10 bits per heavy atom. The molecule has 0 saturated carbocycles. The molecular formula is C22H23F7N4O6. The fraction of sp³-hybridized carbons (Fsp3) is 0.500. The number of ether oxygens (including phenoxy) is 2. The van der Waals surface area contributed by atoms with Gasteiger partial charge in [0.2, 0.25) is 5.95 Å². The van der Waals surface area contributed by atoms with Crippen molar-refractivity contribution in [3.05, 3.63) is 48.3 Å². The van der Waals surface area contributed by atoms with Crippen LogP contribution in [0, 0.1) is 5.82 Å². The van der Waals surface area contributed by atoms with Crippen molar-refractivity contribution in [1.29, 1.82) is 0 Å². The number of carboxylic acid groups (broad SMARTS) is 2. The van der Waals surface area contributed by atoms with Gasteiger partial charge in [0.25, 0.3) is 0 Å². The van der Waals surface area contributed by atoms with Crippen LogP contribution in [0.3, 0.4) is 0 Å². The average molecular weight is 572 g/mol. The highest BCUT2D eigenvalue weighted by atomic mass is 19.4. The minimum absolute atomic E-state index is 0.118. The van der Waals surface area contributed by atoms with E-state index in [0.717, 1.165) is 31.4 Å². The van der Waals surface area contributed by atoms with E-state index in [1.165, 1.54) is 12.4 Å². The maximum atomic E-state index is 13.0. The number of hydrogen-bond acceptors (Lipinski definition) is 8. The van der Waals surface area contributed by atoms with Crippen LogP contribution in [0.1, 0.15) is 24.8 Å². The number of aliphatic carboxylic acids is 2. The summed E-state index contributed by atoms with van der Waals surface area (Å²) in [6.45, 7) is 1.98. The van der Waals surface area contributed by atoms with Crippen molar-refractivity contribution in [2.75, 3.05) is 18.1 Å². The normalized spacial score (nSPS) is 20.6. The summed E-state index contributed by atoms with van der Waals surface area (Å²) in [7, 11) is 0. The monoisotopic (exact) mass is 572 g/mol. The summed E-state index contributed by atoms with van der Waals surface area (Å²) in [6.07, 6.45) is -1.01. The van der Waals surface area contributed by atoms with Crippen molar-refractivity contribution in [3.8, 4) is 0 Å². The van der Waals surface area contributed by atoms with Crippen LogP contribution in [-0.2, 0) is 25.7 Å². The average Bonchev–Trinajstić information content (AvgIpc) is 3.28. The van der Waals surface area contributed by atoms with E-state index in [1.54, 1.807) is 6.20 Å². The van der Waals surface area contributed by atoms with Crippen LogP contribution in [0.2, 0.25) is 0 Å². The number of nitrogens with zero attached hydrogens (tertiary/aromatic N) is 4. The third-order valence-corrected chi connectivity index (χ3v) is 5.28. The van der Waals surface area contributed by atoms with Gasteiger partial charge >= 0.3 is 24.3 Å². The Kier molecular flexibility index (Phi) is 11.3. The Bertz CT molecular complexity index is 1030. The number of aromatic nitrogens is 3. The van der Waals surface area contributed by atoms with E-state index in [2.05, 4.69) is 19.9 Å². The minimum Gasteiger partial charge on any atom is -0.475 e. The number of carboxylic acids is 2. The van der Waals surface area contributed by atoms with Gasteiger partial charge in [-0.25, -0.2) is 23.9 Å². The highest BCUT2D eigenvalue weighted by Crippen LogP contribution is 2.33. The third-order valence-electron chi connectivity index (χ3n) is 5.28. The predicted octanol–water partition coefficient (Wildman–Crippen LogP) is 3.62. The largest absolute Gasteiger partial charge is 0.490 e. The number of fused-ring (bicyclic) bond motifs is 1. The molecule has 17 heteroatoms. The van der Waals surface area contributed by atoms with E-state index in [9.17, 15) is 30.7 Å². The van der Waals surface area contributed by atoms with Gasteiger partial charge in [0.05, 0.1) is 43.9 Å². The molecule has 2 fully saturated rings. The summed E-state index contributed by atoms with van der Waals surface area (Å²) < 4.78 is 88.5. The van der Waals surface area contributed by atoms with Crippen molar-refractivity contribution >= 4 is 17.9 Å². The van der Waals surface area contributed by atoms with Gasteiger partial charge in [-0.15, -0.1) is 0 Å². The summed E-state index contributed by atoms with van der Waals surface area (Å²) in [5.41, 5.74) is 1.07. The number of alkyl halides is 6. The highest BCUT2D eigenvalue weighted by molar-refractivity contribution is 5.73. The molecule has 1 unspecified atom stereocenters. The number of hydrogen-bond donors (Lipinski definition) is 2. The molecule has 4 heterocycles. The Hall–Kier alpha value is -3.60. The maximum Gasteiger partial charge on any atom is 0.490 e. The quantitative estimate of drug-likeness (QED) is 0.512. The van der Waals surface area contributed by atoms with E-state index < -0.39 is 30.1 Å². The van der Waals surface area contributed by atoms with E-state index in [4.69, 9.17) is 29.3 Å². The first-order valence-electron chi connectivity index (χ1n) is 11.1. The lowest BCUT2D eigenvalue weighted by Gasteiger charge is -2.35. The SMILES string of the molecule is Fc1cnc(N2CC[C@@H]3OC(COCc4cccnc4)CC[C@@H]32)nc1.O=C(O)C(F)(F)F.O=C(O)C(F)(F)F. The molecule has 216 valence electrons. The molecule has 0 bridgehead atoms. The molecule has 2 aromatic rings. The Morgan fingerprint density at radius 2 is 1.59 bits per heavy atom. The molecule has 2 aliphatic rings. The zero-order chi connectivity index (χ0) is 29.2. The van der Waals surface area contributed by atoms with Gasteiger partial charge in [-0.05, 0) is 30.9 Å². The second kappa shape index (κ2) is 14.0. The lowest BCUT2D eigenvalue weighted by atomic mass is 9.99. The lowest BCUT2D eigenvalue weighted by Crippen LogP contribution is -2.44. The van der Waals surface area contributed by atoms with Crippen molar-refractivity contribution in [3.63, 3.8) is 0 Å². The number of anilines is 1. The van der Waals surface area contributed by atoms with Crippen LogP contribution in [0.5, 0.6) is 0 Å². The van der Waals surface area contributed by atoms with Gasteiger partial charge in [0.1, 0.15) is 0 Å². The van der Waals surface area contributed by atoms with Crippen LogP contribution in [0.15, 0.2) is 36.9 Å². The van der Waals surface area contributed by atoms with Crippen LogP contribution in [0.25, 0.3) is 0 Å². The van der Waals surface area contributed by atoms with Crippen molar-refractivity contribution in [2.45, 2.75) is 56.5 Å². The molecule has 4 rings (SSSR count). The molecule has 0 amide bonds. The molecular weight excluding hydrogens is 549 g/mol. The van der Waals surface area contributed by atoms with E-state index >= 15 is 0 Å². The fourth-order valence-electron chi connectivity index (χ4n) is 3.61. The van der Waals surface area contributed by atoms with Gasteiger partial charge in [0, 0.05) is 18.9 Å². The molecule has 10 nitrogen and oxygen atoms in total. The van der Waals surface area contributed by atoms with E-state index in [0.29, 0.717) is 19.2 Å². The molecule has 3 atom stereocenters. The maximum absolute atomic E-state index is 13.0. The molecule has 0 spiro atoms. The zero-order valence-electron chi connectivity index (χ0n) is 19.9. The molecule has 2 saturated heterocycles. The molecule has 2 aliphatic heterocycles. The van der Waals surface area contributed by atoms with Crippen LogP contribution in [-0.4, -0.2) is 80.9 Å². The van der Waals surface area contributed by atoms with E-state index in [1.807, 2.05) is 18.3 Å². The van der Waals surface area contributed by atoms with Crippen LogP contribution < -0.4 is 4.90 Å². The topological polar surface area (TPSA) is 135 Å². The van der Waals surface area contributed by atoms with Crippen LogP contribution >= 0.6 is 0 Å². The standard InChI is InChI=1S/C18H21FN4O2.2C2HF3O2/c19-14-9-21-18(22-10-14)23-7-5-17-16(23)4-3-15(25-17)12-24-11-13-2-1-6-20-8-13;2*3-2(4,5)1(6)7/h1-2,6,8-10,15-17H,3-5,7,11-12H2;2*(H,6,7)/t15?,16-,17-;;/m0../s1. The molecule has 0 aromatic carbocycles. The van der Waals surface area contributed by atoms with Gasteiger partial charge < -0.3 is 24.6 Å². The molecule has 0 aliphatic carbocycles. The number of halogens is 7. The molecule has 0 radical (unpaired) electrons. The van der Waals surface area contributed by atoms with Gasteiger partial charge in [-0.3, -0.25) is 4.98 Å². The smallest absolute Gasteiger partial charge is 0.475 e. The van der Waals surface area contributed by atoms with Gasteiger partial charge in [-0.1, -0.05) is 6.07 Å². The van der Waals surface area contributed by atoms with Crippen molar-refractivity contribution in [2.24, 2.45) is 0 Å². The Labute approximate surface area is 216 Å². The Morgan fingerprint density at radius 1 is 1.00 bits per heavy atom. The van der Waals surface area contributed by atoms with Gasteiger partial charge in [-0.2, -0.15) is 26.3 Å². The second-order valence-electron chi connectivity index (χ2n) is 8.11. The summed E-state index contributed by atoms with van der Waals surface area (Å²) in [5, 5.41) is 14.2. The number of carbonyl (C=O) groups is 2. The predicted molar refractivity (Wildman–Crippen MR) is 117 cm³/mol. The van der Waals surface area contributed by atoms with Crippen molar-refractivity contribution < 1.29 is 60.0 Å². The first kappa shape index (κ1) is 31.6. The van der Waals surface area contributed by atoms with Crippen molar-refractivity contribution in [1.82, 2.24) is 15.0 Å². The lowest BCUT2D eigenvalue weighted by molar-refractivity contribution is -0.193. The molecule has 2 N–H and O–H groups in total. The van der Waals surface area contributed by atoms with Gasteiger partial charge in [0.15, 0.2) is 5.82 Å². The molecule has 2 aromatic heterocycles. The third kappa shape index (κ3) is 10.6. The fourth-order valence-corrected chi connectivity index (χ4v) is 3.61. The second-order valence-corrected chi connectivity index (χ2v) is 8.11. The summed E-state index contributed by atoms with van der Waals surface area (Å²) in [5.74, 6) is -5.34. The Balaban J connectivity index is 0.000000317. The zero-order valence-corrected chi connectivity index (χ0v) is 19.9.